The van der Waals surface area contributed by atoms with E-state index in [0.29, 0.717) is 23.4 Å². The van der Waals surface area contributed by atoms with Crippen LogP contribution in [-0.4, -0.2) is 23.0 Å². The molecular weight excluding hydrogens is 302 g/mol. The average molecular weight is 317 g/mol. The molecule has 0 aliphatic rings. The molecule has 0 amide bonds. The first-order chi connectivity index (χ1) is 11.7. The lowest BCUT2D eigenvalue weighted by Crippen LogP contribution is -2.02. The molecule has 0 bridgehead atoms. The number of hydrogen-bond donors (Lipinski definition) is 0. The highest BCUT2D eigenvalue weighted by Gasteiger charge is 2.08. The Labute approximate surface area is 139 Å². The highest BCUT2D eigenvalue weighted by atomic mass is 16.5. The Hall–Kier alpha value is -3.26. The Kier molecular flexibility index (Phi) is 4.48. The van der Waals surface area contributed by atoms with Crippen LogP contribution in [0.5, 0.6) is 0 Å². The molecular formula is C19H15N3O2. The van der Waals surface area contributed by atoms with E-state index in [-0.39, 0.29) is 5.97 Å². The molecule has 3 rings (SSSR count). The number of rotatable bonds is 4. The highest BCUT2D eigenvalue weighted by molar-refractivity contribution is 5.93. The van der Waals surface area contributed by atoms with Gasteiger partial charge in [0.2, 0.25) is 0 Å². The number of hydrogen-bond acceptors (Lipinski definition) is 5. The fourth-order valence-corrected chi connectivity index (χ4v) is 2.43. The summed E-state index contributed by atoms with van der Waals surface area (Å²) >= 11 is 0. The summed E-state index contributed by atoms with van der Waals surface area (Å²) in [5, 5.41) is 9.69. The molecule has 0 atom stereocenters. The molecule has 118 valence electrons. The summed E-state index contributed by atoms with van der Waals surface area (Å²) in [6.45, 7) is 0. The molecule has 0 unspecified atom stereocenters. The Morgan fingerprint density at radius 1 is 1.17 bits per heavy atom. The van der Waals surface area contributed by atoms with Gasteiger partial charge in [-0.05, 0) is 36.2 Å². The van der Waals surface area contributed by atoms with Crippen molar-refractivity contribution >= 4 is 16.9 Å². The van der Waals surface area contributed by atoms with Gasteiger partial charge in [-0.1, -0.05) is 18.2 Å². The van der Waals surface area contributed by atoms with E-state index in [1.54, 1.807) is 30.5 Å². The van der Waals surface area contributed by atoms with Crippen molar-refractivity contribution in [3.05, 3.63) is 71.2 Å². The Balaban J connectivity index is 1.79. The van der Waals surface area contributed by atoms with Crippen molar-refractivity contribution < 1.29 is 9.53 Å². The van der Waals surface area contributed by atoms with Gasteiger partial charge in [-0.3, -0.25) is 0 Å². The van der Waals surface area contributed by atoms with Gasteiger partial charge in [0.1, 0.15) is 5.82 Å². The summed E-state index contributed by atoms with van der Waals surface area (Å²) in [6.07, 6.45) is 3.23. The van der Waals surface area contributed by atoms with E-state index in [0.717, 1.165) is 22.9 Å². The molecule has 1 heterocycles. The van der Waals surface area contributed by atoms with Crippen molar-refractivity contribution in [1.29, 1.82) is 5.26 Å². The largest absolute Gasteiger partial charge is 0.465 e. The lowest BCUT2D eigenvalue weighted by Gasteiger charge is -2.05. The zero-order valence-corrected chi connectivity index (χ0v) is 13.2. The number of ether oxygens (including phenoxy) is 1. The topological polar surface area (TPSA) is 75.9 Å². The standard InChI is InChI=1S/C19H15N3O2/c1-24-19(23)15-7-8-16-12-21-18(22-17(16)10-15)9-6-13-2-4-14(11-20)5-3-13/h2-5,7-8,10,12H,6,9H2,1H3. The van der Waals surface area contributed by atoms with Gasteiger partial charge in [0.05, 0.1) is 29.8 Å². The smallest absolute Gasteiger partial charge is 0.337 e. The molecule has 0 fully saturated rings. The van der Waals surface area contributed by atoms with Gasteiger partial charge in [-0.15, -0.1) is 0 Å². The molecule has 0 aliphatic heterocycles. The number of esters is 1. The SMILES string of the molecule is COC(=O)c1ccc2cnc(CCc3ccc(C#N)cc3)nc2c1. The van der Waals surface area contributed by atoms with Crippen molar-refractivity contribution in [2.45, 2.75) is 12.8 Å². The summed E-state index contributed by atoms with van der Waals surface area (Å²) in [4.78, 5) is 20.5. The fourth-order valence-electron chi connectivity index (χ4n) is 2.43. The number of nitrogens with zero attached hydrogens (tertiary/aromatic N) is 3. The van der Waals surface area contributed by atoms with E-state index >= 15 is 0 Å². The zero-order chi connectivity index (χ0) is 16.9. The fraction of sp³-hybridized carbons (Fsp3) is 0.158. The first-order valence-corrected chi connectivity index (χ1v) is 7.52. The molecule has 0 saturated carbocycles. The summed E-state index contributed by atoms with van der Waals surface area (Å²) in [7, 11) is 1.36. The van der Waals surface area contributed by atoms with Crippen LogP contribution in [0.1, 0.15) is 27.3 Å². The number of aromatic nitrogens is 2. The quantitative estimate of drug-likeness (QED) is 0.691. The molecule has 0 N–H and O–H groups in total. The van der Waals surface area contributed by atoms with Gasteiger partial charge in [0.15, 0.2) is 0 Å². The minimum absolute atomic E-state index is 0.380. The van der Waals surface area contributed by atoms with E-state index in [2.05, 4.69) is 16.0 Å². The Morgan fingerprint density at radius 2 is 1.96 bits per heavy atom. The van der Waals surface area contributed by atoms with Crippen LogP contribution < -0.4 is 0 Å². The van der Waals surface area contributed by atoms with E-state index in [1.807, 2.05) is 18.2 Å². The molecule has 0 spiro atoms. The van der Waals surface area contributed by atoms with E-state index in [4.69, 9.17) is 10.00 Å². The third-order valence-electron chi connectivity index (χ3n) is 3.77. The maximum atomic E-state index is 11.6. The summed E-state index contributed by atoms with van der Waals surface area (Å²) in [5.41, 5.74) is 2.97. The molecule has 0 radical (unpaired) electrons. The lowest BCUT2D eigenvalue weighted by atomic mass is 10.1. The van der Waals surface area contributed by atoms with Crippen LogP contribution in [0.25, 0.3) is 10.9 Å². The second kappa shape index (κ2) is 6.88. The number of benzene rings is 2. The first-order valence-electron chi connectivity index (χ1n) is 7.52. The average Bonchev–Trinajstić information content (AvgIpc) is 2.65. The lowest BCUT2D eigenvalue weighted by molar-refractivity contribution is 0.0601. The highest BCUT2D eigenvalue weighted by Crippen LogP contribution is 2.15. The van der Waals surface area contributed by atoms with Crippen LogP contribution in [0.2, 0.25) is 0 Å². The van der Waals surface area contributed by atoms with E-state index in [9.17, 15) is 4.79 Å². The normalized spacial score (nSPS) is 10.3. The van der Waals surface area contributed by atoms with Crippen molar-refractivity contribution in [2.75, 3.05) is 7.11 Å². The Bertz CT molecular complexity index is 927. The van der Waals surface area contributed by atoms with Crippen molar-refractivity contribution in [1.82, 2.24) is 9.97 Å². The minimum atomic E-state index is -0.380. The van der Waals surface area contributed by atoms with Crippen molar-refractivity contribution in [2.24, 2.45) is 0 Å². The Morgan fingerprint density at radius 3 is 2.67 bits per heavy atom. The van der Waals surface area contributed by atoms with Gasteiger partial charge in [0.25, 0.3) is 0 Å². The second-order valence-electron chi connectivity index (χ2n) is 5.36. The van der Waals surface area contributed by atoms with Crippen molar-refractivity contribution in [3.63, 3.8) is 0 Å². The monoisotopic (exact) mass is 317 g/mol. The molecule has 5 heteroatoms. The van der Waals surface area contributed by atoms with Crippen LogP contribution >= 0.6 is 0 Å². The molecule has 0 aliphatic carbocycles. The minimum Gasteiger partial charge on any atom is -0.465 e. The first kappa shape index (κ1) is 15.6. The van der Waals surface area contributed by atoms with Gasteiger partial charge >= 0.3 is 5.97 Å². The number of fused-ring (bicyclic) bond motifs is 1. The van der Waals surface area contributed by atoms with Gasteiger partial charge in [-0.25, -0.2) is 14.8 Å². The van der Waals surface area contributed by atoms with Crippen LogP contribution in [0, 0.1) is 11.3 Å². The summed E-state index contributed by atoms with van der Waals surface area (Å²) in [6, 6.07) is 14.8. The van der Waals surface area contributed by atoms with Gasteiger partial charge in [-0.2, -0.15) is 5.26 Å². The number of carbonyl (C=O) groups is 1. The van der Waals surface area contributed by atoms with Crippen LogP contribution in [-0.2, 0) is 17.6 Å². The second-order valence-corrected chi connectivity index (χ2v) is 5.36. The van der Waals surface area contributed by atoms with E-state index in [1.165, 1.54) is 7.11 Å². The maximum absolute atomic E-state index is 11.6. The maximum Gasteiger partial charge on any atom is 0.337 e. The molecule has 2 aromatic carbocycles. The van der Waals surface area contributed by atoms with Crippen LogP contribution in [0.3, 0.4) is 0 Å². The third kappa shape index (κ3) is 3.39. The van der Waals surface area contributed by atoms with Crippen LogP contribution in [0.4, 0.5) is 0 Å². The molecule has 5 nitrogen and oxygen atoms in total. The van der Waals surface area contributed by atoms with Crippen molar-refractivity contribution in [3.8, 4) is 6.07 Å². The molecule has 24 heavy (non-hydrogen) atoms. The number of nitriles is 1. The van der Waals surface area contributed by atoms with E-state index < -0.39 is 0 Å². The summed E-state index contributed by atoms with van der Waals surface area (Å²) < 4.78 is 4.73. The number of carbonyl (C=O) groups excluding carboxylic acids is 1. The number of aryl methyl sites for hydroxylation is 2. The molecule has 0 saturated heterocycles. The zero-order valence-electron chi connectivity index (χ0n) is 13.2. The number of methoxy groups -OCH3 is 1. The predicted octanol–water partition coefficient (Wildman–Crippen LogP) is 3.07. The van der Waals surface area contributed by atoms with Crippen LogP contribution in [0.15, 0.2) is 48.7 Å². The molecule has 3 aromatic rings. The predicted molar refractivity (Wildman–Crippen MR) is 89.4 cm³/mol. The summed E-state index contributed by atoms with van der Waals surface area (Å²) in [5.74, 6) is 0.337. The van der Waals surface area contributed by atoms with Gasteiger partial charge < -0.3 is 4.74 Å². The third-order valence-corrected chi connectivity index (χ3v) is 3.77. The van der Waals surface area contributed by atoms with Gasteiger partial charge in [0, 0.05) is 18.0 Å². The molecule has 1 aromatic heterocycles.